The van der Waals surface area contributed by atoms with Gasteiger partial charge in [0.1, 0.15) is 11.6 Å². The fourth-order valence-electron chi connectivity index (χ4n) is 1.25. The Bertz CT molecular complexity index is 312. The van der Waals surface area contributed by atoms with E-state index in [9.17, 15) is 0 Å². The van der Waals surface area contributed by atoms with Crippen molar-refractivity contribution in [1.82, 2.24) is 9.97 Å². The van der Waals surface area contributed by atoms with Gasteiger partial charge in [0, 0.05) is 6.42 Å². The molecule has 0 saturated carbocycles. The number of aromatic nitrogens is 2. The summed E-state index contributed by atoms with van der Waals surface area (Å²) in [6.07, 6.45) is 4.15. The minimum atomic E-state index is 0.628. The van der Waals surface area contributed by atoms with Crippen molar-refractivity contribution < 1.29 is 0 Å². The van der Waals surface area contributed by atoms with Gasteiger partial charge >= 0.3 is 0 Å². The summed E-state index contributed by atoms with van der Waals surface area (Å²) in [6, 6.07) is 0. The fourth-order valence-corrected chi connectivity index (χ4v) is 1.87. The van der Waals surface area contributed by atoms with E-state index in [1.807, 2.05) is 0 Å². The van der Waals surface area contributed by atoms with Crippen LogP contribution in [-0.2, 0) is 12.8 Å². The van der Waals surface area contributed by atoms with E-state index in [1.54, 1.807) is 0 Å². The van der Waals surface area contributed by atoms with Gasteiger partial charge in [0.05, 0.1) is 9.26 Å². The van der Waals surface area contributed by atoms with Crippen LogP contribution in [0.4, 0.5) is 5.82 Å². The summed E-state index contributed by atoms with van der Waals surface area (Å²) in [5.41, 5.74) is 6.88. The Morgan fingerprint density at radius 3 is 2.57 bits per heavy atom. The summed E-state index contributed by atoms with van der Waals surface area (Å²) in [6.45, 7) is 4.25. The van der Waals surface area contributed by atoms with Crippen LogP contribution in [0.2, 0.25) is 0 Å². The molecule has 0 aromatic carbocycles. The molecule has 0 fully saturated rings. The molecule has 78 valence electrons. The number of rotatable bonds is 4. The fraction of sp³-hybridized carbons (Fsp3) is 0.600. The standard InChI is InChI=1S/C10H16IN3/c1-3-5-6-8-13-7(4-2)9(11)10(12)14-8/h3-6H2,1-2H3,(H2,12,13,14). The molecule has 1 aromatic heterocycles. The number of nitrogens with zero attached hydrogens (tertiary/aromatic N) is 2. The van der Waals surface area contributed by atoms with E-state index in [4.69, 9.17) is 5.73 Å². The molecular weight excluding hydrogens is 289 g/mol. The first-order valence-electron chi connectivity index (χ1n) is 4.99. The molecule has 0 aliphatic heterocycles. The third kappa shape index (κ3) is 2.80. The van der Waals surface area contributed by atoms with Gasteiger partial charge in [-0.2, -0.15) is 0 Å². The second kappa shape index (κ2) is 5.48. The number of hydrogen-bond donors (Lipinski definition) is 1. The van der Waals surface area contributed by atoms with E-state index < -0.39 is 0 Å². The second-order valence-corrected chi connectivity index (χ2v) is 4.32. The highest BCUT2D eigenvalue weighted by Gasteiger charge is 2.07. The van der Waals surface area contributed by atoms with E-state index in [2.05, 4.69) is 46.4 Å². The molecule has 0 saturated heterocycles. The van der Waals surface area contributed by atoms with Gasteiger partial charge < -0.3 is 5.73 Å². The highest BCUT2D eigenvalue weighted by atomic mass is 127. The second-order valence-electron chi connectivity index (χ2n) is 3.24. The van der Waals surface area contributed by atoms with Crippen LogP contribution in [0.25, 0.3) is 0 Å². The van der Waals surface area contributed by atoms with Crippen molar-refractivity contribution in [3.05, 3.63) is 15.1 Å². The molecular formula is C10H16IN3. The molecule has 2 N–H and O–H groups in total. The molecule has 0 bridgehead atoms. The summed E-state index contributed by atoms with van der Waals surface area (Å²) in [5.74, 6) is 1.52. The van der Waals surface area contributed by atoms with Crippen LogP contribution in [0, 0.1) is 3.57 Å². The summed E-state index contributed by atoms with van der Waals surface area (Å²) in [4.78, 5) is 8.77. The van der Waals surface area contributed by atoms with Crippen molar-refractivity contribution in [1.29, 1.82) is 0 Å². The Hall–Kier alpha value is -0.390. The third-order valence-corrected chi connectivity index (χ3v) is 3.26. The zero-order valence-electron chi connectivity index (χ0n) is 8.68. The molecule has 1 aromatic rings. The third-order valence-electron chi connectivity index (χ3n) is 2.08. The van der Waals surface area contributed by atoms with Crippen LogP contribution in [0.3, 0.4) is 0 Å². The van der Waals surface area contributed by atoms with Gasteiger partial charge in [-0.15, -0.1) is 0 Å². The Morgan fingerprint density at radius 2 is 2.00 bits per heavy atom. The zero-order valence-corrected chi connectivity index (χ0v) is 10.8. The lowest BCUT2D eigenvalue weighted by Crippen LogP contribution is -2.06. The predicted octanol–water partition coefficient (Wildman–Crippen LogP) is 2.57. The molecule has 3 nitrogen and oxygen atoms in total. The van der Waals surface area contributed by atoms with Crippen LogP contribution >= 0.6 is 22.6 Å². The molecule has 4 heteroatoms. The predicted molar refractivity (Wildman–Crippen MR) is 67.2 cm³/mol. The lowest BCUT2D eigenvalue weighted by Gasteiger charge is -2.06. The van der Waals surface area contributed by atoms with Crippen molar-refractivity contribution in [3.63, 3.8) is 0 Å². The first-order chi connectivity index (χ1) is 6.69. The Kier molecular flexibility index (Phi) is 4.57. The number of anilines is 1. The largest absolute Gasteiger partial charge is 0.383 e. The van der Waals surface area contributed by atoms with Gasteiger partial charge in [-0.3, -0.25) is 0 Å². The average Bonchev–Trinajstić information content (AvgIpc) is 2.19. The quantitative estimate of drug-likeness (QED) is 0.870. The van der Waals surface area contributed by atoms with Crippen molar-refractivity contribution in [2.45, 2.75) is 39.5 Å². The molecule has 1 rings (SSSR count). The lowest BCUT2D eigenvalue weighted by atomic mass is 10.2. The molecule has 0 unspecified atom stereocenters. The van der Waals surface area contributed by atoms with Gasteiger partial charge in [-0.05, 0) is 35.4 Å². The minimum absolute atomic E-state index is 0.628. The molecule has 14 heavy (non-hydrogen) atoms. The Labute approximate surface area is 98.7 Å². The zero-order chi connectivity index (χ0) is 10.6. The van der Waals surface area contributed by atoms with Gasteiger partial charge in [-0.1, -0.05) is 20.3 Å². The van der Waals surface area contributed by atoms with Crippen molar-refractivity contribution >= 4 is 28.4 Å². The van der Waals surface area contributed by atoms with E-state index in [0.29, 0.717) is 5.82 Å². The normalized spacial score (nSPS) is 10.5. The maximum atomic E-state index is 5.81. The molecule has 0 spiro atoms. The Morgan fingerprint density at radius 1 is 1.29 bits per heavy atom. The van der Waals surface area contributed by atoms with Crippen LogP contribution in [-0.4, -0.2) is 9.97 Å². The molecule has 0 atom stereocenters. The highest BCUT2D eigenvalue weighted by molar-refractivity contribution is 14.1. The van der Waals surface area contributed by atoms with Gasteiger partial charge in [-0.25, -0.2) is 9.97 Å². The summed E-state index contributed by atoms with van der Waals surface area (Å²) < 4.78 is 1.00. The van der Waals surface area contributed by atoms with Crippen LogP contribution in [0.1, 0.15) is 38.2 Å². The number of halogens is 1. The maximum Gasteiger partial charge on any atom is 0.140 e. The number of nitrogen functional groups attached to an aromatic ring is 1. The minimum Gasteiger partial charge on any atom is -0.383 e. The van der Waals surface area contributed by atoms with E-state index in [0.717, 1.165) is 40.8 Å². The molecule has 0 aliphatic rings. The Balaban J connectivity index is 2.91. The van der Waals surface area contributed by atoms with Crippen LogP contribution in [0.15, 0.2) is 0 Å². The number of hydrogen-bond acceptors (Lipinski definition) is 3. The van der Waals surface area contributed by atoms with Crippen molar-refractivity contribution in [2.75, 3.05) is 5.73 Å². The van der Waals surface area contributed by atoms with E-state index in [1.165, 1.54) is 0 Å². The number of aryl methyl sites for hydroxylation is 2. The van der Waals surface area contributed by atoms with Gasteiger partial charge in [0.2, 0.25) is 0 Å². The molecule has 0 radical (unpaired) electrons. The molecule has 0 amide bonds. The van der Waals surface area contributed by atoms with Crippen molar-refractivity contribution in [3.8, 4) is 0 Å². The average molecular weight is 305 g/mol. The summed E-state index contributed by atoms with van der Waals surface area (Å²) >= 11 is 2.21. The number of unbranched alkanes of at least 4 members (excludes halogenated alkanes) is 1. The first-order valence-corrected chi connectivity index (χ1v) is 6.07. The first kappa shape index (κ1) is 11.7. The monoisotopic (exact) mass is 305 g/mol. The van der Waals surface area contributed by atoms with Crippen molar-refractivity contribution in [2.24, 2.45) is 0 Å². The topological polar surface area (TPSA) is 51.8 Å². The smallest absolute Gasteiger partial charge is 0.140 e. The van der Waals surface area contributed by atoms with E-state index >= 15 is 0 Å². The number of nitrogens with two attached hydrogens (primary N) is 1. The lowest BCUT2D eigenvalue weighted by molar-refractivity contribution is 0.744. The highest BCUT2D eigenvalue weighted by Crippen LogP contribution is 2.17. The van der Waals surface area contributed by atoms with E-state index in [-0.39, 0.29) is 0 Å². The molecule has 1 heterocycles. The SMILES string of the molecule is CCCCc1nc(N)c(I)c(CC)n1. The van der Waals surface area contributed by atoms with Gasteiger partial charge in [0.15, 0.2) is 0 Å². The molecule has 0 aliphatic carbocycles. The van der Waals surface area contributed by atoms with Gasteiger partial charge in [0.25, 0.3) is 0 Å². The summed E-state index contributed by atoms with van der Waals surface area (Å²) in [5, 5.41) is 0. The summed E-state index contributed by atoms with van der Waals surface area (Å²) in [7, 11) is 0. The maximum absolute atomic E-state index is 5.81. The van der Waals surface area contributed by atoms with Crippen LogP contribution < -0.4 is 5.73 Å². The van der Waals surface area contributed by atoms with Crippen LogP contribution in [0.5, 0.6) is 0 Å².